The number of carbonyl (C=O) groups is 1. The molecule has 18 heavy (non-hydrogen) atoms. The standard InChI is InChI=1S/C14H17N3O/c1-14(2,15)9-17-13(18)11-5-6-12-10(8-11)4-3-7-16-12/h3-8H,9,15H2,1-2H3,(H,17,18). The van der Waals surface area contributed by atoms with Gasteiger partial charge in [-0.05, 0) is 38.1 Å². The van der Waals surface area contributed by atoms with E-state index in [1.54, 1.807) is 12.3 Å². The first-order valence-corrected chi connectivity index (χ1v) is 5.88. The number of pyridine rings is 1. The number of nitrogens with two attached hydrogens (primary N) is 1. The summed E-state index contributed by atoms with van der Waals surface area (Å²) in [5.41, 5.74) is 6.93. The van der Waals surface area contributed by atoms with E-state index in [1.807, 2.05) is 38.1 Å². The summed E-state index contributed by atoms with van der Waals surface area (Å²) in [5, 5.41) is 3.77. The molecule has 0 spiro atoms. The van der Waals surface area contributed by atoms with Crippen molar-refractivity contribution < 1.29 is 4.79 Å². The van der Waals surface area contributed by atoms with Gasteiger partial charge in [-0.1, -0.05) is 6.07 Å². The van der Waals surface area contributed by atoms with E-state index in [4.69, 9.17) is 5.73 Å². The minimum Gasteiger partial charge on any atom is -0.350 e. The normalized spacial score (nSPS) is 11.5. The van der Waals surface area contributed by atoms with Gasteiger partial charge in [0.15, 0.2) is 0 Å². The van der Waals surface area contributed by atoms with E-state index in [0.717, 1.165) is 10.9 Å². The number of hydrogen-bond donors (Lipinski definition) is 2. The Hall–Kier alpha value is -1.94. The van der Waals surface area contributed by atoms with E-state index in [-0.39, 0.29) is 5.91 Å². The van der Waals surface area contributed by atoms with Crippen molar-refractivity contribution in [2.75, 3.05) is 6.54 Å². The summed E-state index contributed by atoms with van der Waals surface area (Å²) in [6, 6.07) is 9.24. The Labute approximate surface area is 106 Å². The van der Waals surface area contributed by atoms with Crippen molar-refractivity contribution in [1.29, 1.82) is 0 Å². The van der Waals surface area contributed by atoms with Crippen LogP contribution in [0.1, 0.15) is 24.2 Å². The molecule has 0 saturated heterocycles. The maximum atomic E-state index is 11.9. The predicted octanol–water partition coefficient (Wildman–Crippen LogP) is 1.70. The van der Waals surface area contributed by atoms with Crippen molar-refractivity contribution in [2.24, 2.45) is 5.73 Å². The number of amides is 1. The molecule has 1 aromatic carbocycles. The van der Waals surface area contributed by atoms with E-state index in [2.05, 4.69) is 10.3 Å². The van der Waals surface area contributed by atoms with Crippen LogP contribution in [0.3, 0.4) is 0 Å². The molecule has 0 unspecified atom stereocenters. The van der Waals surface area contributed by atoms with Crippen LogP contribution in [0.25, 0.3) is 10.9 Å². The van der Waals surface area contributed by atoms with E-state index in [0.29, 0.717) is 12.1 Å². The highest BCUT2D eigenvalue weighted by Gasteiger charge is 2.13. The van der Waals surface area contributed by atoms with Gasteiger partial charge in [0, 0.05) is 29.2 Å². The molecular weight excluding hydrogens is 226 g/mol. The molecule has 0 aliphatic heterocycles. The Bertz CT molecular complexity index is 573. The maximum Gasteiger partial charge on any atom is 0.251 e. The molecule has 94 valence electrons. The number of nitrogens with one attached hydrogen (secondary N) is 1. The molecule has 1 heterocycles. The molecule has 0 radical (unpaired) electrons. The van der Waals surface area contributed by atoms with E-state index in [9.17, 15) is 4.79 Å². The SMILES string of the molecule is CC(C)(N)CNC(=O)c1ccc2ncccc2c1. The summed E-state index contributed by atoms with van der Waals surface area (Å²) in [5.74, 6) is -0.112. The fourth-order valence-corrected chi connectivity index (χ4v) is 1.63. The molecule has 0 fully saturated rings. The molecule has 0 aliphatic rings. The van der Waals surface area contributed by atoms with E-state index < -0.39 is 5.54 Å². The number of benzene rings is 1. The second-order valence-electron chi connectivity index (χ2n) is 5.08. The summed E-state index contributed by atoms with van der Waals surface area (Å²) < 4.78 is 0. The van der Waals surface area contributed by atoms with Crippen LogP contribution in [0.2, 0.25) is 0 Å². The van der Waals surface area contributed by atoms with Crippen molar-refractivity contribution in [1.82, 2.24) is 10.3 Å². The zero-order chi connectivity index (χ0) is 13.2. The molecule has 4 heteroatoms. The third-order valence-corrected chi connectivity index (χ3v) is 2.57. The van der Waals surface area contributed by atoms with Crippen LogP contribution in [0.4, 0.5) is 0 Å². The summed E-state index contributed by atoms with van der Waals surface area (Å²) in [7, 11) is 0. The van der Waals surface area contributed by atoms with Gasteiger partial charge in [-0.3, -0.25) is 9.78 Å². The topological polar surface area (TPSA) is 68.0 Å². The van der Waals surface area contributed by atoms with Gasteiger partial charge in [0.2, 0.25) is 0 Å². The van der Waals surface area contributed by atoms with Gasteiger partial charge in [-0.15, -0.1) is 0 Å². The van der Waals surface area contributed by atoms with Crippen LogP contribution in [0.15, 0.2) is 36.5 Å². The maximum absolute atomic E-state index is 11.9. The van der Waals surface area contributed by atoms with Crippen molar-refractivity contribution in [3.63, 3.8) is 0 Å². The highest BCUT2D eigenvalue weighted by molar-refractivity contribution is 5.97. The third kappa shape index (κ3) is 3.05. The fourth-order valence-electron chi connectivity index (χ4n) is 1.63. The minimum absolute atomic E-state index is 0.112. The van der Waals surface area contributed by atoms with Gasteiger partial charge in [0.1, 0.15) is 0 Å². The number of nitrogens with zero attached hydrogens (tertiary/aromatic N) is 1. The van der Waals surface area contributed by atoms with Gasteiger partial charge in [-0.2, -0.15) is 0 Å². The summed E-state index contributed by atoms with van der Waals surface area (Å²) in [6.45, 7) is 4.19. The Morgan fingerprint density at radius 3 is 2.89 bits per heavy atom. The van der Waals surface area contributed by atoms with Crippen LogP contribution in [0.5, 0.6) is 0 Å². The monoisotopic (exact) mass is 243 g/mol. The molecule has 4 nitrogen and oxygen atoms in total. The lowest BCUT2D eigenvalue weighted by molar-refractivity contribution is 0.0946. The van der Waals surface area contributed by atoms with Crippen molar-refractivity contribution in [3.05, 3.63) is 42.1 Å². The molecule has 2 aromatic rings. The molecule has 2 rings (SSSR count). The predicted molar refractivity (Wildman–Crippen MR) is 72.3 cm³/mol. The second-order valence-corrected chi connectivity index (χ2v) is 5.08. The highest BCUT2D eigenvalue weighted by atomic mass is 16.1. The summed E-state index contributed by atoms with van der Waals surface area (Å²) in [6.07, 6.45) is 1.74. The quantitative estimate of drug-likeness (QED) is 0.862. The molecule has 1 aromatic heterocycles. The zero-order valence-corrected chi connectivity index (χ0v) is 10.6. The van der Waals surface area contributed by atoms with Gasteiger partial charge in [0.05, 0.1) is 5.52 Å². The molecule has 0 aliphatic carbocycles. The average molecular weight is 243 g/mol. The van der Waals surface area contributed by atoms with E-state index >= 15 is 0 Å². The highest BCUT2D eigenvalue weighted by Crippen LogP contribution is 2.13. The van der Waals surface area contributed by atoms with Gasteiger partial charge < -0.3 is 11.1 Å². The average Bonchev–Trinajstić information content (AvgIpc) is 2.34. The smallest absolute Gasteiger partial charge is 0.251 e. The lowest BCUT2D eigenvalue weighted by Crippen LogP contribution is -2.45. The Kier molecular flexibility index (Phi) is 3.30. The van der Waals surface area contributed by atoms with Crippen molar-refractivity contribution >= 4 is 16.8 Å². The summed E-state index contributed by atoms with van der Waals surface area (Å²) in [4.78, 5) is 16.2. The Morgan fingerprint density at radius 2 is 2.17 bits per heavy atom. The van der Waals surface area contributed by atoms with Crippen molar-refractivity contribution in [2.45, 2.75) is 19.4 Å². The Balaban J connectivity index is 2.18. The number of carbonyl (C=O) groups excluding carboxylic acids is 1. The third-order valence-electron chi connectivity index (χ3n) is 2.57. The minimum atomic E-state index is -0.409. The number of fused-ring (bicyclic) bond motifs is 1. The van der Waals surface area contributed by atoms with Crippen LogP contribution in [-0.2, 0) is 0 Å². The molecule has 0 saturated carbocycles. The lowest BCUT2D eigenvalue weighted by Gasteiger charge is -2.18. The van der Waals surface area contributed by atoms with Crippen molar-refractivity contribution in [3.8, 4) is 0 Å². The Morgan fingerprint density at radius 1 is 1.39 bits per heavy atom. The van der Waals surface area contributed by atoms with Crippen LogP contribution in [0, 0.1) is 0 Å². The van der Waals surface area contributed by atoms with Gasteiger partial charge in [-0.25, -0.2) is 0 Å². The summed E-state index contributed by atoms with van der Waals surface area (Å²) >= 11 is 0. The molecule has 0 bridgehead atoms. The first-order chi connectivity index (χ1) is 8.46. The number of aromatic nitrogens is 1. The van der Waals surface area contributed by atoms with Crippen LogP contribution >= 0.6 is 0 Å². The van der Waals surface area contributed by atoms with Gasteiger partial charge >= 0.3 is 0 Å². The largest absolute Gasteiger partial charge is 0.350 e. The van der Waals surface area contributed by atoms with E-state index in [1.165, 1.54) is 0 Å². The fraction of sp³-hybridized carbons (Fsp3) is 0.286. The second kappa shape index (κ2) is 4.74. The number of hydrogen-bond acceptors (Lipinski definition) is 3. The molecule has 0 atom stereocenters. The first kappa shape index (κ1) is 12.5. The van der Waals surface area contributed by atoms with Crippen LogP contribution in [-0.4, -0.2) is 23.0 Å². The zero-order valence-electron chi connectivity index (χ0n) is 10.6. The van der Waals surface area contributed by atoms with Crippen LogP contribution < -0.4 is 11.1 Å². The number of rotatable bonds is 3. The molecular formula is C14H17N3O. The molecule has 3 N–H and O–H groups in total. The van der Waals surface area contributed by atoms with Gasteiger partial charge in [0.25, 0.3) is 5.91 Å². The molecule has 1 amide bonds. The first-order valence-electron chi connectivity index (χ1n) is 5.88. The lowest BCUT2D eigenvalue weighted by atomic mass is 10.1.